The number of benzene rings is 1. The fourth-order valence-electron chi connectivity index (χ4n) is 3.62. The van der Waals surface area contributed by atoms with Crippen LogP contribution in [0, 0.1) is 17.2 Å². The molecule has 1 aromatic carbocycles. The number of fused-ring (bicyclic) bond motifs is 1. The van der Waals surface area contributed by atoms with Crippen molar-refractivity contribution in [3.8, 4) is 6.07 Å². The zero-order chi connectivity index (χ0) is 16.5. The van der Waals surface area contributed by atoms with E-state index in [1.165, 1.54) is 5.56 Å². The predicted octanol–water partition coefficient (Wildman–Crippen LogP) is 2.37. The molecule has 3 heterocycles. The Morgan fingerprint density at radius 3 is 3.00 bits per heavy atom. The van der Waals surface area contributed by atoms with Gasteiger partial charge in [-0.2, -0.15) is 5.26 Å². The maximum absolute atomic E-state index is 12.9. The van der Waals surface area contributed by atoms with Gasteiger partial charge in [0.05, 0.1) is 17.6 Å². The molecule has 2 aliphatic rings. The van der Waals surface area contributed by atoms with Gasteiger partial charge in [0, 0.05) is 31.5 Å². The van der Waals surface area contributed by atoms with E-state index in [1.807, 2.05) is 23.1 Å². The van der Waals surface area contributed by atoms with Crippen molar-refractivity contribution in [1.82, 2.24) is 4.98 Å². The third kappa shape index (κ3) is 2.50. The summed E-state index contributed by atoms with van der Waals surface area (Å²) >= 11 is 0. The van der Waals surface area contributed by atoms with Crippen molar-refractivity contribution in [2.75, 3.05) is 29.4 Å². The molecule has 2 aromatic rings. The number of carbonyl (C=O) groups is 1. The second-order valence-corrected chi connectivity index (χ2v) is 6.31. The van der Waals surface area contributed by atoms with Gasteiger partial charge in [0.1, 0.15) is 5.82 Å². The van der Waals surface area contributed by atoms with Crippen molar-refractivity contribution in [1.29, 1.82) is 5.26 Å². The molecular weight excluding hydrogens is 300 g/mol. The van der Waals surface area contributed by atoms with Gasteiger partial charge in [0.2, 0.25) is 5.91 Å². The second kappa shape index (κ2) is 5.97. The minimum Gasteiger partial charge on any atom is -0.356 e. The normalized spacial score (nSPS) is 19.2. The Morgan fingerprint density at radius 2 is 2.12 bits per heavy atom. The van der Waals surface area contributed by atoms with Crippen LogP contribution in [-0.2, 0) is 11.2 Å². The molecule has 5 nitrogen and oxygen atoms in total. The van der Waals surface area contributed by atoms with E-state index < -0.39 is 0 Å². The molecule has 5 heteroatoms. The van der Waals surface area contributed by atoms with E-state index in [2.05, 4.69) is 22.0 Å². The lowest BCUT2D eigenvalue weighted by molar-refractivity contribution is -0.121. The molecule has 0 radical (unpaired) electrons. The van der Waals surface area contributed by atoms with E-state index in [-0.39, 0.29) is 11.8 Å². The highest BCUT2D eigenvalue weighted by Crippen LogP contribution is 2.31. The number of carbonyl (C=O) groups excluding carboxylic acids is 1. The van der Waals surface area contributed by atoms with E-state index in [0.717, 1.165) is 37.4 Å². The summed E-state index contributed by atoms with van der Waals surface area (Å²) in [5, 5.41) is 9.02. The first-order valence-electron chi connectivity index (χ1n) is 8.26. The average molecular weight is 318 g/mol. The molecule has 0 spiro atoms. The maximum Gasteiger partial charge on any atom is 0.231 e. The number of aromatic nitrogens is 1. The Kier molecular flexibility index (Phi) is 3.66. The fourth-order valence-corrected chi connectivity index (χ4v) is 3.62. The Hall–Kier alpha value is -2.87. The third-order valence-corrected chi connectivity index (χ3v) is 4.89. The van der Waals surface area contributed by atoms with Crippen molar-refractivity contribution in [2.24, 2.45) is 5.92 Å². The molecule has 1 aromatic heterocycles. The summed E-state index contributed by atoms with van der Waals surface area (Å²) in [6.45, 7) is 2.24. The quantitative estimate of drug-likeness (QED) is 0.853. The number of hydrogen-bond donors (Lipinski definition) is 0. The lowest BCUT2D eigenvalue weighted by atomic mass is 10.1. The lowest BCUT2D eigenvalue weighted by Gasteiger charge is -2.22. The van der Waals surface area contributed by atoms with Crippen molar-refractivity contribution in [3.63, 3.8) is 0 Å². The number of para-hydroxylation sites is 1. The first-order valence-corrected chi connectivity index (χ1v) is 8.26. The minimum absolute atomic E-state index is 0.0105. The smallest absolute Gasteiger partial charge is 0.231 e. The highest BCUT2D eigenvalue weighted by Gasteiger charge is 2.34. The van der Waals surface area contributed by atoms with Crippen LogP contribution < -0.4 is 9.80 Å². The average Bonchev–Trinajstić information content (AvgIpc) is 3.28. The summed E-state index contributed by atoms with van der Waals surface area (Å²) in [5.74, 6) is 0.980. The first kappa shape index (κ1) is 14.7. The van der Waals surface area contributed by atoms with Gasteiger partial charge in [-0.05, 0) is 36.6 Å². The number of hydrogen-bond acceptors (Lipinski definition) is 4. The summed E-state index contributed by atoms with van der Waals surface area (Å²) in [7, 11) is 0. The van der Waals surface area contributed by atoms with E-state index in [0.29, 0.717) is 12.1 Å². The topological polar surface area (TPSA) is 60.2 Å². The van der Waals surface area contributed by atoms with Crippen LogP contribution in [-0.4, -0.2) is 30.5 Å². The summed E-state index contributed by atoms with van der Waals surface area (Å²) in [6, 6.07) is 13.8. The molecule has 1 amide bonds. The van der Waals surface area contributed by atoms with E-state index in [1.54, 1.807) is 18.3 Å². The van der Waals surface area contributed by atoms with Gasteiger partial charge in [-0.15, -0.1) is 0 Å². The van der Waals surface area contributed by atoms with Gasteiger partial charge in [-0.3, -0.25) is 4.79 Å². The summed E-state index contributed by atoms with van der Waals surface area (Å²) in [5.41, 5.74) is 2.91. The number of amides is 1. The van der Waals surface area contributed by atoms with Crippen molar-refractivity contribution >= 4 is 17.4 Å². The molecule has 1 unspecified atom stereocenters. The molecule has 0 aliphatic carbocycles. The van der Waals surface area contributed by atoms with E-state index in [4.69, 9.17) is 5.26 Å². The molecule has 0 saturated carbocycles. The summed E-state index contributed by atoms with van der Waals surface area (Å²) in [6.07, 6.45) is 3.42. The van der Waals surface area contributed by atoms with Gasteiger partial charge in [-0.1, -0.05) is 18.2 Å². The minimum atomic E-state index is -0.0105. The Balaban J connectivity index is 1.49. The SMILES string of the molecule is N#Cc1ccnc(N2CCC(C(=O)N3CCc4ccccc43)C2)c1. The molecule has 2 aliphatic heterocycles. The first-order chi connectivity index (χ1) is 11.8. The van der Waals surface area contributed by atoms with Gasteiger partial charge in [0.15, 0.2) is 0 Å². The number of pyridine rings is 1. The second-order valence-electron chi connectivity index (χ2n) is 6.31. The van der Waals surface area contributed by atoms with Crippen molar-refractivity contribution in [2.45, 2.75) is 12.8 Å². The Labute approximate surface area is 141 Å². The Bertz CT molecular complexity index is 826. The van der Waals surface area contributed by atoms with E-state index in [9.17, 15) is 4.79 Å². The number of rotatable bonds is 2. The summed E-state index contributed by atoms with van der Waals surface area (Å²) in [4.78, 5) is 21.3. The highest BCUT2D eigenvalue weighted by molar-refractivity contribution is 5.97. The van der Waals surface area contributed by atoms with Crippen LogP contribution in [0.4, 0.5) is 11.5 Å². The third-order valence-electron chi connectivity index (χ3n) is 4.89. The monoisotopic (exact) mass is 318 g/mol. The van der Waals surface area contributed by atoms with E-state index >= 15 is 0 Å². The Morgan fingerprint density at radius 1 is 1.25 bits per heavy atom. The number of anilines is 2. The largest absolute Gasteiger partial charge is 0.356 e. The molecule has 0 bridgehead atoms. The van der Waals surface area contributed by atoms with Crippen LogP contribution in [0.2, 0.25) is 0 Å². The molecule has 120 valence electrons. The molecular formula is C19H18N4O. The zero-order valence-electron chi connectivity index (χ0n) is 13.4. The summed E-state index contributed by atoms with van der Waals surface area (Å²) < 4.78 is 0. The van der Waals surface area contributed by atoms with Crippen molar-refractivity contribution < 1.29 is 4.79 Å². The van der Waals surface area contributed by atoms with Gasteiger partial charge in [-0.25, -0.2) is 4.98 Å². The molecule has 4 rings (SSSR count). The van der Waals surface area contributed by atoms with Gasteiger partial charge < -0.3 is 9.80 Å². The predicted molar refractivity (Wildman–Crippen MR) is 91.8 cm³/mol. The molecule has 1 atom stereocenters. The maximum atomic E-state index is 12.9. The lowest BCUT2D eigenvalue weighted by Crippen LogP contribution is -2.36. The number of nitriles is 1. The molecule has 24 heavy (non-hydrogen) atoms. The fraction of sp³-hybridized carbons (Fsp3) is 0.316. The van der Waals surface area contributed by atoms with Crippen LogP contribution in [0.3, 0.4) is 0 Å². The van der Waals surface area contributed by atoms with Crippen LogP contribution in [0.5, 0.6) is 0 Å². The molecule has 0 N–H and O–H groups in total. The highest BCUT2D eigenvalue weighted by atomic mass is 16.2. The van der Waals surface area contributed by atoms with Crippen LogP contribution >= 0.6 is 0 Å². The number of nitrogens with zero attached hydrogens (tertiary/aromatic N) is 4. The van der Waals surface area contributed by atoms with Crippen LogP contribution in [0.25, 0.3) is 0 Å². The van der Waals surface area contributed by atoms with Gasteiger partial charge >= 0.3 is 0 Å². The van der Waals surface area contributed by atoms with Gasteiger partial charge in [0.25, 0.3) is 0 Å². The zero-order valence-corrected chi connectivity index (χ0v) is 13.4. The van der Waals surface area contributed by atoms with Crippen LogP contribution in [0.15, 0.2) is 42.6 Å². The molecule has 1 saturated heterocycles. The van der Waals surface area contributed by atoms with Crippen molar-refractivity contribution in [3.05, 3.63) is 53.7 Å². The van der Waals surface area contributed by atoms with Crippen LogP contribution in [0.1, 0.15) is 17.5 Å². The molecule has 1 fully saturated rings. The standard InChI is InChI=1S/C19H18N4O/c20-12-14-5-8-21-18(11-14)22-9-6-16(13-22)19(24)23-10-7-15-3-1-2-4-17(15)23/h1-5,8,11,16H,6-7,9-10,13H2.